The first-order valence-electron chi connectivity index (χ1n) is 2.90. The summed E-state index contributed by atoms with van der Waals surface area (Å²) in [6.45, 7) is 0. The van der Waals surface area contributed by atoms with Gasteiger partial charge in [-0.2, -0.15) is 8.78 Å². The van der Waals surface area contributed by atoms with Crippen LogP contribution in [0.25, 0.3) is 0 Å². The van der Waals surface area contributed by atoms with E-state index in [4.69, 9.17) is 16.7 Å². The lowest BCUT2D eigenvalue weighted by molar-refractivity contribution is -0.0274. The van der Waals surface area contributed by atoms with E-state index >= 15 is 0 Å². The smallest absolute Gasteiger partial charge is 0.331 e. The van der Waals surface area contributed by atoms with Gasteiger partial charge in [0.25, 0.3) is 0 Å². The molecule has 1 nitrogen and oxygen atoms in total. The molecule has 12 heavy (non-hydrogen) atoms. The van der Waals surface area contributed by atoms with Gasteiger partial charge in [-0.15, -0.1) is 11.3 Å². The summed E-state index contributed by atoms with van der Waals surface area (Å²) in [6.07, 6.45) is -1.88. The molecule has 1 heterocycles. The number of hydrogen-bond acceptors (Lipinski definition) is 2. The fraction of sp³-hybridized carbons (Fsp3) is 0.333. The zero-order chi connectivity index (χ0) is 9.35. The predicted molar refractivity (Wildman–Crippen MR) is 48.2 cm³/mol. The molecule has 0 bridgehead atoms. The zero-order valence-corrected chi connectivity index (χ0v) is 8.76. The summed E-state index contributed by atoms with van der Waals surface area (Å²) in [4.78, 5) is -3.26. The summed E-state index contributed by atoms with van der Waals surface area (Å²) in [5.74, 6) is 0. The van der Waals surface area contributed by atoms with Gasteiger partial charge < -0.3 is 5.11 Å². The molecule has 1 aromatic heterocycles. The minimum Gasteiger partial charge on any atom is -0.380 e. The van der Waals surface area contributed by atoms with Crippen molar-refractivity contribution in [2.24, 2.45) is 0 Å². The Morgan fingerprint density at radius 3 is 2.58 bits per heavy atom. The Labute approximate surface area is 85.1 Å². The van der Waals surface area contributed by atoms with Crippen molar-refractivity contribution >= 4 is 38.9 Å². The molecule has 1 aromatic rings. The van der Waals surface area contributed by atoms with Crippen molar-refractivity contribution in [3.05, 3.63) is 21.3 Å². The Morgan fingerprint density at radius 2 is 2.25 bits per heavy atom. The molecule has 0 aliphatic heterocycles. The Bertz CT molecular complexity index is 273. The average Bonchev–Trinajstić information content (AvgIpc) is 2.31. The monoisotopic (exact) mass is 276 g/mol. The number of thiophene rings is 1. The Hall–Kier alpha value is 0.290. The van der Waals surface area contributed by atoms with Crippen LogP contribution in [0.5, 0.6) is 0 Å². The lowest BCUT2D eigenvalue weighted by Crippen LogP contribution is -2.17. The fourth-order valence-corrected chi connectivity index (χ4v) is 2.21. The highest BCUT2D eigenvalue weighted by Crippen LogP contribution is 2.41. The van der Waals surface area contributed by atoms with Crippen LogP contribution < -0.4 is 0 Å². The van der Waals surface area contributed by atoms with E-state index in [1.165, 1.54) is 6.07 Å². The number of aliphatic hydroxyl groups excluding tert-OH is 1. The van der Waals surface area contributed by atoms with Gasteiger partial charge in [-0.05, 0) is 27.4 Å². The van der Waals surface area contributed by atoms with Crippen molar-refractivity contribution in [2.75, 3.05) is 0 Å². The SMILES string of the molecule is OC(c1sccc1Cl)C(F)(F)Br. The maximum Gasteiger partial charge on any atom is 0.331 e. The normalized spacial score (nSPS) is 14.8. The lowest BCUT2D eigenvalue weighted by Gasteiger charge is -2.14. The van der Waals surface area contributed by atoms with E-state index < -0.39 is 10.9 Å². The van der Waals surface area contributed by atoms with Gasteiger partial charge >= 0.3 is 4.83 Å². The quantitative estimate of drug-likeness (QED) is 0.821. The minimum absolute atomic E-state index is 0.0681. The molecule has 1 atom stereocenters. The molecule has 1 rings (SSSR count). The highest BCUT2D eigenvalue weighted by Gasteiger charge is 2.37. The van der Waals surface area contributed by atoms with Gasteiger partial charge in [0, 0.05) is 0 Å². The van der Waals surface area contributed by atoms with E-state index in [-0.39, 0.29) is 9.90 Å². The van der Waals surface area contributed by atoms with Gasteiger partial charge in [0.05, 0.1) is 9.90 Å². The Kier molecular flexibility index (Phi) is 3.09. The second-order valence-electron chi connectivity index (χ2n) is 2.08. The first kappa shape index (κ1) is 10.4. The van der Waals surface area contributed by atoms with Crippen molar-refractivity contribution < 1.29 is 13.9 Å². The molecule has 0 aliphatic carbocycles. The summed E-state index contributed by atoms with van der Waals surface area (Å²) >= 11 is 8.59. The number of alkyl halides is 3. The molecule has 0 aliphatic rings. The molecule has 6 heteroatoms. The molecule has 0 saturated carbocycles. The second-order valence-corrected chi connectivity index (χ2v) is 4.49. The highest BCUT2D eigenvalue weighted by molar-refractivity contribution is 9.10. The van der Waals surface area contributed by atoms with Crippen LogP contribution in [0, 0.1) is 0 Å². The molecule has 1 N–H and O–H groups in total. The van der Waals surface area contributed by atoms with Gasteiger partial charge in [-0.1, -0.05) is 11.6 Å². The topological polar surface area (TPSA) is 20.2 Å². The molecule has 1 unspecified atom stereocenters. The largest absolute Gasteiger partial charge is 0.380 e. The summed E-state index contributed by atoms with van der Waals surface area (Å²) < 4.78 is 24.9. The molecule has 0 aromatic carbocycles. The maximum absolute atomic E-state index is 12.5. The molecule has 0 radical (unpaired) electrons. The molecule has 0 saturated heterocycles. The highest BCUT2D eigenvalue weighted by atomic mass is 79.9. The van der Waals surface area contributed by atoms with E-state index in [1.807, 2.05) is 0 Å². The third-order valence-corrected chi connectivity index (χ3v) is 3.05. The summed E-state index contributed by atoms with van der Waals surface area (Å²) in [5.41, 5.74) is 0. The molecule has 0 fully saturated rings. The second kappa shape index (κ2) is 3.57. The summed E-state index contributed by atoms with van der Waals surface area (Å²) in [7, 11) is 0. The Morgan fingerprint density at radius 1 is 1.67 bits per heavy atom. The van der Waals surface area contributed by atoms with E-state index in [1.54, 1.807) is 5.38 Å². The molecular formula is C6H4BrClF2OS. The number of hydrogen-bond donors (Lipinski definition) is 1. The van der Waals surface area contributed by atoms with Crippen molar-refractivity contribution in [3.8, 4) is 0 Å². The standard InChI is InChI=1S/C6H4BrClF2OS/c7-6(9,10)5(11)4-3(8)1-2-12-4/h1-2,5,11H. The summed E-state index contributed by atoms with van der Waals surface area (Å²) in [6, 6.07) is 1.46. The Balaban J connectivity index is 2.92. The predicted octanol–water partition coefficient (Wildman–Crippen LogP) is 3.42. The van der Waals surface area contributed by atoms with E-state index in [0.29, 0.717) is 0 Å². The first-order chi connectivity index (χ1) is 5.43. The molecule has 0 spiro atoms. The average molecular weight is 278 g/mol. The fourth-order valence-electron chi connectivity index (χ4n) is 0.649. The molecule has 0 amide bonds. The number of halogens is 4. The van der Waals surface area contributed by atoms with Crippen LogP contribution in [0.3, 0.4) is 0 Å². The van der Waals surface area contributed by atoms with Crippen molar-refractivity contribution in [1.29, 1.82) is 0 Å². The van der Waals surface area contributed by atoms with Crippen LogP contribution in [0.15, 0.2) is 11.4 Å². The van der Waals surface area contributed by atoms with Crippen LogP contribution in [0.4, 0.5) is 8.78 Å². The van der Waals surface area contributed by atoms with Crippen molar-refractivity contribution in [1.82, 2.24) is 0 Å². The van der Waals surface area contributed by atoms with E-state index in [2.05, 4.69) is 15.9 Å². The van der Waals surface area contributed by atoms with Crippen LogP contribution >= 0.6 is 38.9 Å². The summed E-state index contributed by atoms with van der Waals surface area (Å²) in [5, 5.41) is 10.8. The van der Waals surface area contributed by atoms with Gasteiger partial charge in [0.2, 0.25) is 0 Å². The first-order valence-corrected chi connectivity index (χ1v) is 4.95. The van der Waals surface area contributed by atoms with Crippen LogP contribution in [0.1, 0.15) is 11.0 Å². The molecule has 68 valence electrons. The maximum atomic E-state index is 12.5. The van der Waals surface area contributed by atoms with Gasteiger partial charge in [-0.3, -0.25) is 0 Å². The third-order valence-electron chi connectivity index (χ3n) is 1.20. The van der Waals surface area contributed by atoms with Crippen molar-refractivity contribution in [2.45, 2.75) is 10.9 Å². The molecular weight excluding hydrogens is 273 g/mol. The number of rotatable bonds is 2. The lowest BCUT2D eigenvalue weighted by atomic mass is 10.3. The minimum atomic E-state index is -3.33. The van der Waals surface area contributed by atoms with Gasteiger partial charge in [-0.25, -0.2) is 0 Å². The van der Waals surface area contributed by atoms with E-state index in [9.17, 15) is 8.78 Å². The van der Waals surface area contributed by atoms with Gasteiger partial charge in [0.1, 0.15) is 0 Å². The van der Waals surface area contributed by atoms with Gasteiger partial charge in [0.15, 0.2) is 6.10 Å². The van der Waals surface area contributed by atoms with Crippen LogP contribution in [-0.2, 0) is 0 Å². The van der Waals surface area contributed by atoms with Crippen LogP contribution in [0.2, 0.25) is 5.02 Å². The third kappa shape index (κ3) is 2.16. The zero-order valence-electron chi connectivity index (χ0n) is 5.60. The van der Waals surface area contributed by atoms with Crippen molar-refractivity contribution in [3.63, 3.8) is 0 Å². The van der Waals surface area contributed by atoms with E-state index in [0.717, 1.165) is 11.3 Å². The number of aliphatic hydroxyl groups is 1. The van der Waals surface area contributed by atoms with Crippen LogP contribution in [-0.4, -0.2) is 9.94 Å².